The minimum atomic E-state index is -1.13. The van der Waals surface area contributed by atoms with Crippen LogP contribution in [0.2, 0.25) is 0 Å². The SMILES string of the molecule is C=CNC(N)(OC)C(=C)C(C)(CC(C)C)C(N)C[I-]CC. The molecule has 5 N–H and O–H groups in total. The number of halogens is 1. The van der Waals surface area contributed by atoms with E-state index in [-0.39, 0.29) is 32.7 Å². The van der Waals surface area contributed by atoms with Crippen LogP contribution in [0.15, 0.2) is 24.9 Å². The molecule has 126 valence electrons. The van der Waals surface area contributed by atoms with Crippen molar-refractivity contribution in [3.8, 4) is 0 Å². The molecule has 0 aromatic carbocycles. The summed E-state index contributed by atoms with van der Waals surface area (Å²) in [6, 6.07) is 0.0461. The molecule has 0 rings (SSSR count). The van der Waals surface area contributed by atoms with E-state index in [0.29, 0.717) is 5.92 Å². The Bertz CT molecular complexity index is 348. The molecule has 0 aliphatic rings. The van der Waals surface area contributed by atoms with E-state index in [0.717, 1.165) is 16.4 Å². The number of hydrogen-bond donors (Lipinski definition) is 3. The number of alkyl halides is 2. The summed E-state index contributed by atoms with van der Waals surface area (Å²) in [5.74, 6) is -0.629. The number of rotatable bonds is 11. The van der Waals surface area contributed by atoms with Crippen molar-refractivity contribution in [2.24, 2.45) is 22.8 Å². The Labute approximate surface area is 141 Å². The summed E-state index contributed by atoms with van der Waals surface area (Å²) in [4.78, 5) is 0. The van der Waals surface area contributed by atoms with Crippen LogP contribution in [-0.2, 0) is 4.74 Å². The summed E-state index contributed by atoms with van der Waals surface area (Å²) in [6.07, 6.45) is 2.47. The Morgan fingerprint density at radius 3 is 2.43 bits per heavy atom. The van der Waals surface area contributed by atoms with E-state index in [9.17, 15) is 0 Å². The van der Waals surface area contributed by atoms with Crippen LogP contribution in [-0.4, -0.2) is 27.9 Å². The van der Waals surface area contributed by atoms with Crippen LogP contribution in [0.25, 0.3) is 0 Å². The monoisotopic (exact) mass is 410 g/mol. The van der Waals surface area contributed by atoms with Gasteiger partial charge in [0, 0.05) is 0 Å². The maximum atomic E-state index is 6.54. The third-order valence-electron chi connectivity index (χ3n) is 3.89. The summed E-state index contributed by atoms with van der Waals surface area (Å²) in [7, 11) is 1.57. The van der Waals surface area contributed by atoms with Gasteiger partial charge < -0.3 is 0 Å². The molecule has 0 radical (unpaired) electrons. The summed E-state index contributed by atoms with van der Waals surface area (Å²) in [6.45, 7) is 16.7. The van der Waals surface area contributed by atoms with Crippen LogP contribution in [0, 0.1) is 11.3 Å². The van der Waals surface area contributed by atoms with Crippen LogP contribution in [0.1, 0.15) is 34.1 Å². The average molecular weight is 410 g/mol. The van der Waals surface area contributed by atoms with Crippen molar-refractivity contribution < 1.29 is 25.9 Å². The van der Waals surface area contributed by atoms with Gasteiger partial charge in [-0.05, 0) is 0 Å². The second-order valence-electron chi connectivity index (χ2n) is 6.00. The zero-order chi connectivity index (χ0) is 16.7. The van der Waals surface area contributed by atoms with Crippen LogP contribution < -0.4 is 38.0 Å². The molecular weight excluding hydrogens is 377 g/mol. The van der Waals surface area contributed by atoms with Crippen molar-refractivity contribution in [3.63, 3.8) is 0 Å². The molecule has 3 atom stereocenters. The summed E-state index contributed by atoms with van der Waals surface area (Å²) in [5.41, 5.74) is 13.4. The standard InChI is InChI=1S/C16H33IN3O/c1-8-17-11-14(18)15(6,10-12(3)4)13(5)16(19,21-7)20-9-2/h9,12,14,20H,2,5,8,10-11,18-19H2,1,3-4,6-7H3/q-1. The molecule has 0 aliphatic carbocycles. The molecule has 0 fully saturated rings. The predicted octanol–water partition coefficient (Wildman–Crippen LogP) is -0.977. The molecule has 0 bridgehead atoms. The minimum absolute atomic E-state index is 0.0461. The topological polar surface area (TPSA) is 73.3 Å². The normalized spacial score (nSPS) is 18.9. The molecule has 5 heteroatoms. The fourth-order valence-electron chi connectivity index (χ4n) is 2.59. The third kappa shape index (κ3) is 5.54. The Morgan fingerprint density at radius 2 is 2.05 bits per heavy atom. The van der Waals surface area contributed by atoms with Crippen molar-refractivity contribution in [1.82, 2.24) is 5.32 Å². The van der Waals surface area contributed by atoms with E-state index >= 15 is 0 Å². The molecule has 0 aliphatic heterocycles. The number of nitrogens with two attached hydrogens (primary N) is 2. The zero-order valence-corrected chi connectivity index (χ0v) is 16.4. The Hall–Kier alpha value is -0.110. The number of ether oxygens (including phenoxy) is 1. The van der Waals surface area contributed by atoms with Gasteiger partial charge in [-0.1, -0.05) is 0 Å². The van der Waals surface area contributed by atoms with Gasteiger partial charge in [-0.2, -0.15) is 0 Å². The molecule has 0 spiro atoms. The van der Waals surface area contributed by atoms with Crippen LogP contribution in [0.5, 0.6) is 0 Å². The first-order valence-electron chi connectivity index (χ1n) is 7.39. The fraction of sp³-hybridized carbons (Fsp3) is 0.750. The van der Waals surface area contributed by atoms with E-state index in [4.69, 9.17) is 16.2 Å². The average Bonchev–Trinajstić information content (AvgIpc) is 2.42. The Balaban J connectivity index is 5.46. The first-order valence-corrected chi connectivity index (χ1v) is 10.4. The van der Waals surface area contributed by atoms with Crippen LogP contribution >= 0.6 is 0 Å². The van der Waals surface area contributed by atoms with Crippen LogP contribution in [0.3, 0.4) is 0 Å². The zero-order valence-electron chi connectivity index (χ0n) is 14.2. The predicted molar refractivity (Wildman–Crippen MR) is 87.3 cm³/mol. The van der Waals surface area contributed by atoms with E-state index in [1.807, 2.05) is 0 Å². The van der Waals surface area contributed by atoms with E-state index in [1.165, 1.54) is 10.6 Å². The van der Waals surface area contributed by atoms with Gasteiger partial charge in [0.05, 0.1) is 0 Å². The molecular formula is C16H33IN3O-. The van der Waals surface area contributed by atoms with Gasteiger partial charge in [-0.25, -0.2) is 0 Å². The molecule has 4 nitrogen and oxygen atoms in total. The molecule has 3 unspecified atom stereocenters. The van der Waals surface area contributed by atoms with Crippen molar-refractivity contribution in [2.75, 3.05) is 16.0 Å². The van der Waals surface area contributed by atoms with E-state index < -0.39 is 5.85 Å². The van der Waals surface area contributed by atoms with Gasteiger partial charge in [0.2, 0.25) is 0 Å². The molecule has 21 heavy (non-hydrogen) atoms. The van der Waals surface area contributed by atoms with Gasteiger partial charge >= 0.3 is 141 Å². The quantitative estimate of drug-likeness (QED) is 0.177. The van der Waals surface area contributed by atoms with E-state index in [1.54, 1.807) is 7.11 Å². The van der Waals surface area contributed by atoms with Crippen LogP contribution in [0.4, 0.5) is 0 Å². The van der Waals surface area contributed by atoms with Gasteiger partial charge in [0.15, 0.2) is 0 Å². The number of nitrogens with one attached hydrogen (secondary N) is 1. The third-order valence-corrected chi connectivity index (χ3v) is 6.54. The van der Waals surface area contributed by atoms with E-state index in [2.05, 4.69) is 46.2 Å². The number of hydrogen-bond acceptors (Lipinski definition) is 4. The Kier molecular flexibility index (Phi) is 9.08. The Morgan fingerprint density at radius 1 is 1.48 bits per heavy atom. The molecule has 0 heterocycles. The molecule has 0 amide bonds. The van der Waals surface area contributed by atoms with Crippen molar-refractivity contribution >= 4 is 0 Å². The van der Waals surface area contributed by atoms with Crippen molar-refractivity contribution in [3.05, 3.63) is 24.9 Å². The van der Waals surface area contributed by atoms with Crippen molar-refractivity contribution in [2.45, 2.75) is 46.0 Å². The van der Waals surface area contributed by atoms with Gasteiger partial charge in [0.1, 0.15) is 0 Å². The summed E-state index contributed by atoms with van der Waals surface area (Å²) < 4.78 is 7.77. The molecule has 0 aromatic rings. The first-order chi connectivity index (χ1) is 9.67. The summed E-state index contributed by atoms with van der Waals surface area (Å²) >= 11 is 0.132. The van der Waals surface area contributed by atoms with Crippen molar-refractivity contribution in [1.29, 1.82) is 0 Å². The van der Waals surface area contributed by atoms with Gasteiger partial charge in [-0.15, -0.1) is 0 Å². The molecule has 0 saturated heterocycles. The maximum absolute atomic E-state index is 6.54. The van der Waals surface area contributed by atoms with Gasteiger partial charge in [0.25, 0.3) is 0 Å². The summed E-state index contributed by atoms with van der Waals surface area (Å²) in [5, 5.41) is 2.97. The van der Waals surface area contributed by atoms with Gasteiger partial charge in [-0.3, -0.25) is 0 Å². The second kappa shape index (κ2) is 9.12. The second-order valence-corrected chi connectivity index (χ2v) is 9.48. The fourth-order valence-corrected chi connectivity index (χ4v) is 4.85. The number of methoxy groups -OCH3 is 1. The molecule has 0 aromatic heterocycles. The first kappa shape index (κ1) is 20.9. The molecule has 0 saturated carbocycles.